The zero-order valence-electron chi connectivity index (χ0n) is 20.1. The molecule has 9 heteroatoms. The van der Waals surface area contributed by atoms with Crippen LogP contribution < -0.4 is 5.32 Å². The van der Waals surface area contributed by atoms with Crippen LogP contribution in [0, 0.1) is 27.7 Å². The molecule has 4 heterocycles. The van der Waals surface area contributed by atoms with Gasteiger partial charge in [0.1, 0.15) is 11.5 Å². The smallest absolute Gasteiger partial charge is 0.259 e. The average molecular weight is 491 g/mol. The van der Waals surface area contributed by atoms with Gasteiger partial charge >= 0.3 is 0 Å². The summed E-state index contributed by atoms with van der Waals surface area (Å²) in [4.78, 5) is 32.8. The fourth-order valence-corrected chi connectivity index (χ4v) is 5.28. The molecule has 0 aliphatic carbocycles. The standard InChI is InChI=1S/C26H26N4O4S/c1-14-11-18(26(32)30-7-9-35-10-8-30)5-6-21(14)27-24(31)20-13-22(19-12-15(2)33-17(19)4)28-25-23(20)16(3)29-34-25/h5-6,11-13H,7-10H2,1-4H3,(H,27,31). The van der Waals surface area contributed by atoms with Crippen LogP contribution in [0.25, 0.3) is 22.4 Å². The van der Waals surface area contributed by atoms with E-state index in [0.717, 1.165) is 41.5 Å². The number of carbonyl (C=O) groups excluding carboxylic acids is 2. The van der Waals surface area contributed by atoms with Crippen molar-refractivity contribution in [3.63, 3.8) is 0 Å². The van der Waals surface area contributed by atoms with E-state index >= 15 is 0 Å². The monoisotopic (exact) mass is 490 g/mol. The van der Waals surface area contributed by atoms with Crippen molar-refractivity contribution in [2.75, 3.05) is 29.9 Å². The first-order valence-corrected chi connectivity index (χ1v) is 12.6. The van der Waals surface area contributed by atoms with Crippen molar-refractivity contribution in [1.29, 1.82) is 0 Å². The highest BCUT2D eigenvalue weighted by Crippen LogP contribution is 2.31. The number of amides is 2. The summed E-state index contributed by atoms with van der Waals surface area (Å²) in [5.74, 6) is 3.10. The van der Waals surface area contributed by atoms with Crippen LogP contribution in [0.2, 0.25) is 0 Å². The maximum absolute atomic E-state index is 13.5. The van der Waals surface area contributed by atoms with E-state index in [0.29, 0.717) is 45.1 Å². The first kappa shape index (κ1) is 23.2. The van der Waals surface area contributed by atoms with Crippen molar-refractivity contribution in [3.8, 4) is 11.3 Å². The second kappa shape index (κ2) is 9.22. The molecule has 0 radical (unpaired) electrons. The maximum Gasteiger partial charge on any atom is 0.259 e. The van der Waals surface area contributed by atoms with Crippen molar-refractivity contribution < 1.29 is 18.5 Å². The molecular formula is C26H26N4O4S. The van der Waals surface area contributed by atoms with Gasteiger partial charge in [0, 0.05) is 41.4 Å². The number of hydrogen-bond donors (Lipinski definition) is 1. The second-order valence-corrected chi connectivity index (χ2v) is 9.94. The van der Waals surface area contributed by atoms with E-state index in [2.05, 4.69) is 15.5 Å². The summed E-state index contributed by atoms with van der Waals surface area (Å²) in [5, 5.41) is 7.57. The Morgan fingerprint density at radius 2 is 1.83 bits per heavy atom. The third-order valence-electron chi connectivity index (χ3n) is 6.20. The van der Waals surface area contributed by atoms with Crippen molar-refractivity contribution in [1.82, 2.24) is 15.0 Å². The highest BCUT2D eigenvalue weighted by atomic mass is 32.2. The predicted molar refractivity (Wildman–Crippen MR) is 136 cm³/mol. The van der Waals surface area contributed by atoms with E-state index in [-0.39, 0.29) is 11.8 Å². The molecule has 1 aliphatic rings. The number of hydrogen-bond acceptors (Lipinski definition) is 7. The van der Waals surface area contributed by atoms with Gasteiger partial charge in [-0.2, -0.15) is 11.8 Å². The second-order valence-electron chi connectivity index (χ2n) is 8.72. The normalized spacial score (nSPS) is 13.9. The van der Waals surface area contributed by atoms with E-state index in [1.54, 1.807) is 25.1 Å². The van der Waals surface area contributed by atoms with Gasteiger partial charge in [-0.05, 0) is 63.6 Å². The van der Waals surface area contributed by atoms with E-state index in [9.17, 15) is 9.59 Å². The summed E-state index contributed by atoms with van der Waals surface area (Å²) in [6.45, 7) is 8.90. The Bertz CT molecular complexity index is 1450. The number of thioether (sulfide) groups is 1. The number of nitrogens with one attached hydrogen (secondary N) is 1. The first-order valence-electron chi connectivity index (χ1n) is 11.5. The first-order chi connectivity index (χ1) is 16.8. The molecule has 1 fully saturated rings. The minimum Gasteiger partial charge on any atom is -0.466 e. The molecule has 35 heavy (non-hydrogen) atoms. The van der Waals surface area contributed by atoms with Gasteiger partial charge < -0.3 is 19.2 Å². The number of aryl methyl sites for hydroxylation is 4. The summed E-state index contributed by atoms with van der Waals surface area (Å²) >= 11 is 1.86. The van der Waals surface area contributed by atoms with Crippen LogP contribution in [-0.2, 0) is 0 Å². The molecular weight excluding hydrogens is 464 g/mol. The van der Waals surface area contributed by atoms with Gasteiger partial charge in [0.25, 0.3) is 17.5 Å². The number of nitrogens with zero attached hydrogens (tertiary/aromatic N) is 3. The van der Waals surface area contributed by atoms with E-state index in [1.165, 1.54) is 0 Å². The average Bonchev–Trinajstić information content (AvgIpc) is 3.40. The molecule has 0 saturated carbocycles. The van der Waals surface area contributed by atoms with Gasteiger partial charge in [0.05, 0.1) is 22.3 Å². The van der Waals surface area contributed by atoms with Crippen molar-refractivity contribution in [2.45, 2.75) is 27.7 Å². The molecule has 2 amide bonds. The lowest BCUT2D eigenvalue weighted by Crippen LogP contribution is -2.37. The van der Waals surface area contributed by atoms with Gasteiger partial charge in [-0.15, -0.1) is 0 Å². The number of carbonyl (C=O) groups is 2. The Balaban J connectivity index is 1.46. The number of benzene rings is 1. The lowest BCUT2D eigenvalue weighted by molar-refractivity contribution is 0.0772. The van der Waals surface area contributed by atoms with Gasteiger partial charge in [0.15, 0.2) is 0 Å². The summed E-state index contributed by atoms with van der Waals surface area (Å²) in [5.41, 5.74) is 4.73. The molecule has 1 aromatic carbocycles. The number of rotatable bonds is 4. The fourth-order valence-electron chi connectivity index (χ4n) is 4.37. The van der Waals surface area contributed by atoms with Crippen LogP contribution >= 0.6 is 11.8 Å². The lowest BCUT2D eigenvalue weighted by atomic mass is 10.0. The molecule has 8 nitrogen and oxygen atoms in total. The van der Waals surface area contributed by atoms with E-state index in [4.69, 9.17) is 8.94 Å². The van der Waals surface area contributed by atoms with Crippen LogP contribution in [0.3, 0.4) is 0 Å². The molecule has 5 rings (SSSR count). The Kier molecular flexibility index (Phi) is 6.10. The zero-order valence-corrected chi connectivity index (χ0v) is 20.9. The molecule has 1 N–H and O–H groups in total. The summed E-state index contributed by atoms with van der Waals surface area (Å²) < 4.78 is 11.1. The molecule has 1 saturated heterocycles. The van der Waals surface area contributed by atoms with Crippen molar-refractivity contribution in [2.24, 2.45) is 0 Å². The maximum atomic E-state index is 13.5. The topological polar surface area (TPSA) is 101 Å². The highest BCUT2D eigenvalue weighted by Gasteiger charge is 2.23. The van der Waals surface area contributed by atoms with Gasteiger partial charge in [0.2, 0.25) is 0 Å². The third kappa shape index (κ3) is 4.43. The summed E-state index contributed by atoms with van der Waals surface area (Å²) in [6, 6.07) is 9.00. The highest BCUT2D eigenvalue weighted by molar-refractivity contribution is 7.99. The van der Waals surface area contributed by atoms with Gasteiger partial charge in [-0.3, -0.25) is 9.59 Å². The molecule has 0 spiro atoms. The van der Waals surface area contributed by atoms with Crippen LogP contribution in [0.5, 0.6) is 0 Å². The van der Waals surface area contributed by atoms with Gasteiger partial charge in [-0.25, -0.2) is 4.98 Å². The zero-order chi connectivity index (χ0) is 24.7. The molecule has 0 unspecified atom stereocenters. The Labute approximate surface area is 207 Å². The number of anilines is 1. The number of aromatic nitrogens is 2. The van der Waals surface area contributed by atoms with E-state index < -0.39 is 0 Å². The summed E-state index contributed by atoms with van der Waals surface area (Å²) in [7, 11) is 0. The number of pyridine rings is 1. The lowest BCUT2D eigenvalue weighted by Gasteiger charge is -2.26. The van der Waals surface area contributed by atoms with Gasteiger partial charge in [-0.1, -0.05) is 5.16 Å². The Morgan fingerprint density at radius 1 is 1.06 bits per heavy atom. The third-order valence-corrected chi connectivity index (χ3v) is 7.14. The fraction of sp³-hybridized carbons (Fsp3) is 0.308. The predicted octanol–water partition coefficient (Wildman–Crippen LogP) is 5.16. The van der Waals surface area contributed by atoms with Crippen molar-refractivity contribution in [3.05, 3.63) is 64.2 Å². The van der Waals surface area contributed by atoms with Crippen LogP contribution in [-0.4, -0.2) is 51.5 Å². The molecule has 180 valence electrons. The van der Waals surface area contributed by atoms with Crippen LogP contribution in [0.1, 0.15) is 43.5 Å². The summed E-state index contributed by atoms with van der Waals surface area (Å²) in [6.07, 6.45) is 0. The number of furan rings is 1. The quantitative estimate of drug-likeness (QED) is 0.422. The minimum atomic E-state index is -0.307. The Hall–Kier alpha value is -3.59. The molecule has 0 bridgehead atoms. The largest absolute Gasteiger partial charge is 0.466 e. The minimum absolute atomic E-state index is 0.0256. The van der Waals surface area contributed by atoms with Crippen molar-refractivity contribution >= 4 is 40.4 Å². The van der Waals surface area contributed by atoms with Crippen LogP contribution in [0.15, 0.2) is 39.3 Å². The van der Waals surface area contributed by atoms with Crippen LogP contribution in [0.4, 0.5) is 5.69 Å². The molecule has 4 aromatic rings. The molecule has 1 aliphatic heterocycles. The molecule has 0 atom stereocenters. The number of fused-ring (bicyclic) bond motifs is 1. The Morgan fingerprint density at radius 3 is 2.51 bits per heavy atom. The molecule has 3 aromatic heterocycles. The van der Waals surface area contributed by atoms with E-state index in [1.807, 2.05) is 49.6 Å². The SMILES string of the molecule is Cc1cc(-c2cc(C(=O)Nc3ccc(C(=O)N4CCSCC4)cc3C)c3c(C)noc3n2)c(C)o1.